The zero-order valence-corrected chi connectivity index (χ0v) is 19.5. The van der Waals surface area contributed by atoms with Gasteiger partial charge in [-0.2, -0.15) is 0 Å². The van der Waals surface area contributed by atoms with E-state index >= 15 is 0 Å². The highest BCUT2D eigenvalue weighted by Gasteiger charge is 2.21. The van der Waals surface area contributed by atoms with Crippen LogP contribution < -0.4 is 5.56 Å². The van der Waals surface area contributed by atoms with Crippen molar-refractivity contribution in [3.8, 4) is 27.9 Å². The Hall–Kier alpha value is -4.89. The highest BCUT2D eigenvalue weighted by atomic mass is 16.1. The standard InChI is InChI=1S/C33H22N2O/c36-33-28-17-8-10-21-30(28)34-29-20-9-7-16-25(29)22-31(34)35(33)32-26(23-12-3-1-4-13-23)18-11-19-27(32)24-14-5-2-6-15-24/h1-22H. The molecule has 0 aliphatic rings. The first kappa shape index (κ1) is 20.5. The van der Waals surface area contributed by atoms with Crippen LogP contribution in [0, 0.1) is 0 Å². The van der Waals surface area contributed by atoms with Crippen LogP contribution in [0.15, 0.2) is 138 Å². The third-order valence-electron chi connectivity index (χ3n) is 6.93. The molecule has 7 aromatic rings. The molecule has 3 heteroatoms. The van der Waals surface area contributed by atoms with E-state index in [2.05, 4.69) is 65.1 Å². The molecule has 3 nitrogen and oxygen atoms in total. The van der Waals surface area contributed by atoms with E-state index in [1.54, 1.807) is 0 Å². The van der Waals surface area contributed by atoms with Crippen molar-refractivity contribution in [2.75, 3.05) is 0 Å². The predicted octanol–water partition coefficient (Wildman–Crippen LogP) is 7.73. The molecule has 0 radical (unpaired) electrons. The molecule has 2 aromatic heterocycles. The van der Waals surface area contributed by atoms with E-state index in [9.17, 15) is 4.79 Å². The number of para-hydroxylation sites is 3. The molecule has 0 aliphatic heterocycles. The van der Waals surface area contributed by atoms with Crippen LogP contribution in [0.5, 0.6) is 0 Å². The molecule has 7 rings (SSSR count). The Morgan fingerprint density at radius 2 is 1.06 bits per heavy atom. The summed E-state index contributed by atoms with van der Waals surface area (Å²) in [6.45, 7) is 0. The second kappa shape index (κ2) is 8.10. The maximum atomic E-state index is 14.3. The molecule has 0 unspecified atom stereocenters. The molecule has 0 amide bonds. The quantitative estimate of drug-likeness (QED) is 0.264. The maximum Gasteiger partial charge on any atom is 0.266 e. The van der Waals surface area contributed by atoms with Crippen LogP contribution in [0.2, 0.25) is 0 Å². The second-order valence-electron chi connectivity index (χ2n) is 8.99. The van der Waals surface area contributed by atoms with Gasteiger partial charge in [-0.05, 0) is 35.4 Å². The molecule has 0 saturated carbocycles. The molecule has 0 spiro atoms. The van der Waals surface area contributed by atoms with E-state index in [0.717, 1.165) is 50.0 Å². The molecule has 2 heterocycles. The van der Waals surface area contributed by atoms with Gasteiger partial charge in [0.15, 0.2) is 0 Å². The van der Waals surface area contributed by atoms with Crippen molar-refractivity contribution in [3.63, 3.8) is 0 Å². The van der Waals surface area contributed by atoms with Gasteiger partial charge in [-0.1, -0.05) is 109 Å². The lowest BCUT2D eigenvalue weighted by Gasteiger charge is -2.20. The van der Waals surface area contributed by atoms with Crippen LogP contribution in [0.25, 0.3) is 55.4 Å². The molecule has 0 aliphatic carbocycles. The summed E-state index contributed by atoms with van der Waals surface area (Å²) in [7, 11) is 0. The summed E-state index contributed by atoms with van der Waals surface area (Å²) in [6, 6.07) is 45.2. The van der Waals surface area contributed by atoms with Crippen LogP contribution in [0.3, 0.4) is 0 Å². The minimum absolute atomic E-state index is 0.0264. The molecule has 0 fully saturated rings. The molecule has 5 aromatic carbocycles. The number of rotatable bonds is 3. The van der Waals surface area contributed by atoms with Crippen molar-refractivity contribution in [2.24, 2.45) is 0 Å². The summed E-state index contributed by atoms with van der Waals surface area (Å²) in [5.74, 6) is 0. The predicted molar refractivity (Wildman–Crippen MR) is 149 cm³/mol. The molecule has 0 atom stereocenters. The summed E-state index contributed by atoms with van der Waals surface area (Å²) in [4.78, 5) is 14.3. The fraction of sp³-hybridized carbons (Fsp3) is 0. The molecule has 36 heavy (non-hydrogen) atoms. The van der Waals surface area contributed by atoms with Crippen molar-refractivity contribution in [1.29, 1.82) is 0 Å². The zero-order chi connectivity index (χ0) is 24.1. The Kier molecular flexibility index (Phi) is 4.61. The number of hydrogen-bond acceptors (Lipinski definition) is 1. The van der Waals surface area contributed by atoms with Gasteiger partial charge in [0.1, 0.15) is 5.65 Å². The van der Waals surface area contributed by atoms with Crippen molar-refractivity contribution in [1.82, 2.24) is 8.97 Å². The summed E-state index contributed by atoms with van der Waals surface area (Å²) in [5, 5.41) is 1.79. The first-order valence-electron chi connectivity index (χ1n) is 12.1. The smallest absolute Gasteiger partial charge is 0.266 e. The van der Waals surface area contributed by atoms with Gasteiger partial charge >= 0.3 is 0 Å². The monoisotopic (exact) mass is 462 g/mol. The third kappa shape index (κ3) is 3.03. The Morgan fingerprint density at radius 1 is 0.500 bits per heavy atom. The minimum atomic E-state index is -0.0264. The molecular formula is C33H22N2O. The van der Waals surface area contributed by atoms with E-state index in [-0.39, 0.29) is 5.56 Å². The number of fused-ring (bicyclic) bond motifs is 5. The topological polar surface area (TPSA) is 26.4 Å². The highest BCUT2D eigenvalue weighted by molar-refractivity contribution is 5.95. The average molecular weight is 463 g/mol. The summed E-state index contributed by atoms with van der Waals surface area (Å²) >= 11 is 0. The van der Waals surface area contributed by atoms with E-state index < -0.39 is 0 Å². The van der Waals surface area contributed by atoms with Gasteiger partial charge < -0.3 is 0 Å². The number of hydrogen-bond donors (Lipinski definition) is 0. The fourth-order valence-electron chi connectivity index (χ4n) is 5.33. The Bertz CT molecular complexity index is 1890. The summed E-state index contributed by atoms with van der Waals surface area (Å²) < 4.78 is 4.12. The lowest BCUT2D eigenvalue weighted by molar-refractivity contribution is 1.01. The van der Waals surface area contributed by atoms with E-state index in [4.69, 9.17) is 0 Å². The van der Waals surface area contributed by atoms with Crippen LogP contribution in [0.4, 0.5) is 0 Å². The Morgan fingerprint density at radius 3 is 1.72 bits per heavy atom. The lowest BCUT2D eigenvalue weighted by atomic mass is 9.95. The molecule has 0 N–H and O–H groups in total. The van der Waals surface area contributed by atoms with Crippen LogP contribution in [0.1, 0.15) is 0 Å². The minimum Gasteiger partial charge on any atom is -0.295 e. The normalized spacial score (nSPS) is 11.4. The van der Waals surface area contributed by atoms with E-state index in [1.807, 2.05) is 77.4 Å². The van der Waals surface area contributed by atoms with Crippen molar-refractivity contribution in [2.45, 2.75) is 0 Å². The van der Waals surface area contributed by atoms with Gasteiger partial charge in [0.05, 0.1) is 22.1 Å². The van der Waals surface area contributed by atoms with Crippen molar-refractivity contribution in [3.05, 3.63) is 144 Å². The molecule has 0 saturated heterocycles. The first-order chi connectivity index (χ1) is 17.8. The van der Waals surface area contributed by atoms with Gasteiger partial charge in [-0.25, -0.2) is 0 Å². The van der Waals surface area contributed by atoms with Crippen molar-refractivity contribution < 1.29 is 0 Å². The lowest BCUT2D eigenvalue weighted by Crippen LogP contribution is -2.22. The van der Waals surface area contributed by atoms with Crippen LogP contribution >= 0.6 is 0 Å². The maximum absolute atomic E-state index is 14.3. The first-order valence-corrected chi connectivity index (χ1v) is 12.1. The molecule has 0 bridgehead atoms. The van der Waals surface area contributed by atoms with Gasteiger partial charge in [-0.15, -0.1) is 0 Å². The largest absolute Gasteiger partial charge is 0.295 e. The van der Waals surface area contributed by atoms with Crippen LogP contribution in [-0.2, 0) is 0 Å². The number of benzene rings is 5. The third-order valence-corrected chi connectivity index (χ3v) is 6.93. The zero-order valence-electron chi connectivity index (χ0n) is 19.5. The SMILES string of the molecule is O=c1c2ccccc2n2c3ccccc3cc2n1-c1c(-c2ccccc2)cccc1-c1ccccc1. The van der Waals surface area contributed by atoms with Crippen LogP contribution in [-0.4, -0.2) is 8.97 Å². The van der Waals surface area contributed by atoms with E-state index in [1.165, 1.54) is 0 Å². The average Bonchev–Trinajstić information content (AvgIpc) is 3.33. The molecule has 170 valence electrons. The van der Waals surface area contributed by atoms with Gasteiger partial charge in [0.2, 0.25) is 0 Å². The Balaban J connectivity index is 1.73. The van der Waals surface area contributed by atoms with Gasteiger partial charge in [-0.3, -0.25) is 13.8 Å². The fourth-order valence-corrected chi connectivity index (χ4v) is 5.33. The summed E-state index contributed by atoms with van der Waals surface area (Å²) in [6.07, 6.45) is 0. The highest BCUT2D eigenvalue weighted by Crippen LogP contribution is 2.37. The van der Waals surface area contributed by atoms with Crippen molar-refractivity contribution >= 4 is 27.5 Å². The Labute approximate surface area is 208 Å². The molecular weight excluding hydrogens is 440 g/mol. The van der Waals surface area contributed by atoms with Gasteiger partial charge in [0, 0.05) is 16.5 Å². The van der Waals surface area contributed by atoms with Gasteiger partial charge in [0.25, 0.3) is 5.56 Å². The second-order valence-corrected chi connectivity index (χ2v) is 8.99. The number of nitrogens with zero attached hydrogens (tertiary/aromatic N) is 2. The summed E-state index contributed by atoms with van der Waals surface area (Å²) in [5.41, 5.74) is 7.87. The number of aromatic nitrogens is 2. The van der Waals surface area contributed by atoms with E-state index in [0.29, 0.717) is 5.39 Å².